The number of hydrogen-bond acceptors (Lipinski definition) is 3. The summed E-state index contributed by atoms with van der Waals surface area (Å²) in [6.07, 6.45) is 3.31. The molecule has 5 heteroatoms. The predicted octanol–water partition coefficient (Wildman–Crippen LogP) is 2.76. The second kappa shape index (κ2) is 6.26. The number of rotatable bonds is 5. The van der Waals surface area contributed by atoms with Gasteiger partial charge in [-0.3, -0.25) is 4.99 Å². The normalized spacial score (nSPS) is 15.2. The van der Waals surface area contributed by atoms with E-state index in [4.69, 9.17) is 5.73 Å². The molecular weight excluding hydrogens is 280 g/mol. The van der Waals surface area contributed by atoms with Crippen LogP contribution in [0.25, 0.3) is 10.6 Å². The molecule has 0 spiro atoms. The molecule has 1 heterocycles. The van der Waals surface area contributed by atoms with E-state index in [1.807, 2.05) is 25.2 Å². The SMILES string of the molecule is CN(C(N)=NCCc1csc(-c2ccccc2)n1)C1CC1. The quantitative estimate of drug-likeness (QED) is 0.682. The number of thiazole rings is 1. The molecule has 0 atom stereocenters. The Bertz CT molecular complexity index is 616. The van der Waals surface area contributed by atoms with E-state index in [0.29, 0.717) is 18.5 Å². The minimum absolute atomic E-state index is 0.609. The van der Waals surface area contributed by atoms with Crippen molar-refractivity contribution in [2.45, 2.75) is 25.3 Å². The van der Waals surface area contributed by atoms with Crippen LogP contribution in [0, 0.1) is 0 Å². The standard InChI is InChI=1S/C16H20N4S/c1-20(14-7-8-14)16(17)18-10-9-13-11-21-15(19-13)12-5-3-2-4-6-12/h2-6,11,14H,7-10H2,1H3,(H2,17,18). The van der Waals surface area contributed by atoms with Crippen LogP contribution < -0.4 is 5.73 Å². The van der Waals surface area contributed by atoms with Crippen LogP contribution >= 0.6 is 11.3 Å². The van der Waals surface area contributed by atoms with Gasteiger partial charge in [-0.1, -0.05) is 30.3 Å². The first-order chi connectivity index (χ1) is 10.2. The highest BCUT2D eigenvalue weighted by atomic mass is 32.1. The Labute approximate surface area is 129 Å². The average Bonchev–Trinajstić information content (AvgIpc) is 3.26. The van der Waals surface area contributed by atoms with E-state index in [-0.39, 0.29) is 0 Å². The van der Waals surface area contributed by atoms with Gasteiger partial charge in [-0.05, 0) is 12.8 Å². The molecule has 0 unspecified atom stereocenters. The van der Waals surface area contributed by atoms with Crippen LogP contribution in [0.2, 0.25) is 0 Å². The number of nitrogens with two attached hydrogens (primary N) is 1. The van der Waals surface area contributed by atoms with E-state index >= 15 is 0 Å². The summed E-state index contributed by atoms with van der Waals surface area (Å²) in [5.74, 6) is 0.649. The summed E-state index contributed by atoms with van der Waals surface area (Å²) in [6.45, 7) is 0.695. The number of benzene rings is 1. The van der Waals surface area contributed by atoms with Crippen molar-refractivity contribution in [3.05, 3.63) is 41.4 Å². The van der Waals surface area contributed by atoms with Crippen molar-refractivity contribution in [1.82, 2.24) is 9.88 Å². The third-order valence-electron chi connectivity index (χ3n) is 3.67. The summed E-state index contributed by atoms with van der Waals surface area (Å²) >= 11 is 1.68. The lowest BCUT2D eigenvalue weighted by atomic mass is 10.2. The molecule has 0 aliphatic heterocycles. The molecule has 2 N–H and O–H groups in total. The molecule has 1 aliphatic carbocycles. The molecule has 1 fully saturated rings. The van der Waals surface area contributed by atoms with E-state index < -0.39 is 0 Å². The predicted molar refractivity (Wildman–Crippen MR) is 88.5 cm³/mol. The molecular formula is C16H20N4S. The molecule has 1 saturated carbocycles. The van der Waals surface area contributed by atoms with Gasteiger partial charge in [-0.15, -0.1) is 11.3 Å². The first kappa shape index (κ1) is 14.1. The molecule has 21 heavy (non-hydrogen) atoms. The van der Waals surface area contributed by atoms with Crippen LogP contribution in [0.3, 0.4) is 0 Å². The lowest BCUT2D eigenvalue weighted by molar-refractivity contribution is 0.487. The van der Waals surface area contributed by atoms with E-state index in [0.717, 1.165) is 17.1 Å². The van der Waals surface area contributed by atoms with Gasteiger partial charge in [0.05, 0.1) is 5.69 Å². The van der Waals surface area contributed by atoms with Crippen LogP contribution in [-0.4, -0.2) is 35.5 Å². The van der Waals surface area contributed by atoms with Crippen molar-refractivity contribution < 1.29 is 0 Å². The molecule has 0 amide bonds. The number of nitrogens with zero attached hydrogens (tertiary/aromatic N) is 3. The molecule has 2 aromatic rings. The van der Waals surface area contributed by atoms with Crippen LogP contribution in [0.5, 0.6) is 0 Å². The lowest BCUT2D eigenvalue weighted by Crippen LogP contribution is -2.35. The van der Waals surface area contributed by atoms with Crippen LogP contribution in [0.1, 0.15) is 18.5 Å². The summed E-state index contributed by atoms with van der Waals surface area (Å²) in [6, 6.07) is 10.9. The molecule has 1 aliphatic rings. The summed E-state index contributed by atoms with van der Waals surface area (Å²) in [5, 5.41) is 3.18. The van der Waals surface area contributed by atoms with Crippen molar-refractivity contribution >= 4 is 17.3 Å². The van der Waals surface area contributed by atoms with Gasteiger partial charge in [0.1, 0.15) is 5.01 Å². The van der Waals surface area contributed by atoms with Gasteiger partial charge in [0.15, 0.2) is 5.96 Å². The van der Waals surface area contributed by atoms with Gasteiger partial charge in [-0.2, -0.15) is 0 Å². The zero-order valence-corrected chi connectivity index (χ0v) is 13.0. The van der Waals surface area contributed by atoms with Crippen molar-refractivity contribution in [3.63, 3.8) is 0 Å². The van der Waals surface area contributed by atoms with E-state index in [9.17, 15) is 0 Å². The highest BCUT2D eigenvalue weighted by Gasteiger charge is 2.27. The van der Waals surface area contributed by atoms with Gasteiger partial charge in [0.25, 0.3) is 0 Å². The third kappa shape index (κ3) is 3.61. The van der Waals surface area contributed by atoms with Gasteiger partial charge in [-0.25, -0.2) is 4.98 Å². The Kier molecular flexibility index (Phi) is 4.20. The fourth-order valence-electron chi connectivity index (χ4n) is 2.18. The average molecular weight is 300 g/mol. The molecule has 1 aromatic heterocycles. The topological polar surface area (TPSA) is 54.5 Å². The minimum atomic E-state index is 0.609. The Hall–Kier alpha value is -1.88. The maximum atomic E-state index is 5.98. The van der Waals surface area contributed by atoms with Crippen molar-refractivity contribution in [2.24, 2.45) is 10.7 Å². The molecule has 110 valence electrons. The fourth-order valence-corrected chi connectivity index (χ4v) is 3.04. The van der Waals surface area contributed by atoms with Crippen molar-refractivity contribution in [3.8, 4) is 10.6 Å². The fraction of sp³-hybridized carbons (Fsp3) is 0.375. The maximum absolute atomic E-state index is 5.98. The van der Waals surface area contributed by atoms with E-state index in [1.54, 1.807) is 11.3 Å². The van der Waals surface area contributed by atoms with Gasteiger partial charge in [0.2, 0.25) is 0 Å². The first-order valence-electron chi connectivity index (χ1n) is 7.26. The first-order valence-corrected chi connectivity index (χ1v) is 8.14. The molecule has 0 saturated heterocycles. The summed E-state index contributed by atoms with van der Waals surface area (Å²) in [5.41, 5.74) is 8.24. The number of guanidine groups is 1. The van der Waals surface area contributed by atoms with Crippen molar-refractivity contribution in [2.75, 3.05) is 13.6 Å². The summed E-state index contributed by atoms with van der Waals surface area (Å²) in [4.78, 5) is 11.2. The molecule has 0 bridgehead atoms. The zero-order chi connectivity index (χ0) is 14.7. The van der Waals surface area contributed by atoms with Crippen LogP contribution in [0.4, 0.5) is 0 Å². The highest BCUT2D eigenvalue weighted by Crippen LogP contribution is 2.25. The largest absolute Gasteiger partial charge is 0.370 e. The van der Waals surface area contributed by atoms with Gasteiger partial charge in [0, 0.05) is 37.0 Å². The monoisotopic (exact) mass is 300 g/mol. The Morgan fingerprint density at radius 1 is 1.38 bits per heavy atom. The smallest absolute Gasteiger partial charge is 0.191 e. The summed E-state index contributed by atoms with van der Waals surface area (Å²) < 4.78 is 0. The molecule has 0 radical (unpaired) electrons. The van der Waals surface area contributed by atoms with E-state index in [2.05, 4.69) is 32.4 Å². The zero-order valence-electron chi connectivity index (χ0n) is 12.2. The minimum Gasteiger partial charge on any atom is -0.370 e. The lowest BCUT2D eigenvalue weighted by Gasteiger charge is -2.16. The van der Waals surface area contributed by atoms with Crippen LogP contribution in [-0.2, 0) is 6.42 Å². The second-order valence-electron chi connectivity index (χ2n) is 5.34. The number of hydrogen-bond donors (Lipinski definition) is 1. The number of aromatic nitrogens is 1. The summed E-state index contributed by atoms with van der Waals surface area (Å²) in [7, 11) is 2.02. The van der Waals surface area contributed by atoms with Crippen molar-refractivity contribution in [1.29, 1.82) is 0 Å². The Balaban J connectivity index is 1.56. The number of aliphatic imine (C=N–C) groups is 1. The van der Waals surface area contributed by atoms with Gasteiger partial charge < -0.3 is 10.6 Å². The Morgan fingerprint density at radius 3 is 2.86 bits per heavy atom. The third-order valence-corrected chi connectivity index (χ3v) is 4.61. The molecule has 3 rings (SSSR count). The maximum Gasteiger partial charge on any atom is 0.191 e. The van der Waals surface area contributed by atoms with E-state index in [1.165, 1.54) is 18.4 Å². The molecule has 1 aromatic carbocycles. The Morgan fingerprint density at radius 2 is 2.14 bits per heavy atom. The van der Waals surface area contributed by atoms with Crippen LogP contribution in [0.15, 0.2) is 40.7 Å². The second-order valence-corrected chi connectivity index (χ2v) is 6.20. The molecule has 4 nitrogen and oxygen atoms in total. The van der Waals surface area contributed by atoms with Gasteiger partial charge >= 0.3 is 0 Å². The highest BCUT2D eigenvalue weighted by molar-refractivity contribution is 7.13.